The lowest BCUT2D eigenvalue weighted by atomic mass is 9.97. The summed E-state index contributed by atoms with van der Waals surface area (Å²) in [6.45, 7) is 4.96. The lowest BCUT2D eigenvalue weighted by Gasteiger charge is -2.20. The third-order valence-electron chi connectivity index (χ3n) is 3.50. The van der Waals surface area contributed by atoms with Crippen LogP contribution >= 0.6 is 0 Å². The molecular weight excluding hydrogens is 311 g/mol. The Hall–Kier alpha value is -2.05. The van der Waals surface area contributed by atoms with Gasteiger partial charge in [-0.25, -0.2) is 4.79 Å². The first-order valence-corrected chi connectivity index (χ1v) is 7.21. The highest BCUT2D eigenvalue weighted by atomic mass is 19.4. The van der Waals surface area contributed by atoms with Crippen molar-refractivity contribution in [2.24, 2.45) is 11.8 Å². The molecule has 1 aromatic rings. The molecule has 7 heteroatoms. The Kier molecular flexibility index (Phi) is 6.18. The Balaban J connectivity index is 2.70. The first kappa shape index (κ1) is 19.0. The maximum absolute atomic E-state index is 12.5. The number of amides is 1. The second-order valence-electron chi connectivity index (χ2n) is 5.87. The number of aliphatic carboxylic acids is 1. The van der Waals surface area contributed by atoms with E-state index in [4.69, 9.17) is 5.11 Å². The van der Waals surface area contributed by atoms with Gasteiger partial charge >= 0.3 is 12.1 Å². The first-order chi connectivity index (χ1) is 10.5. The van der Waals surface area contributed by atoms with Gasteiger partial charge in [0.1, 0.15) is 6.04 Å². The molecule has 2 N–H and O–H groups in total. The second-order valence-corrected chi connectivity index (χ2v) is 5.87. The van der Waals surface area contributed by atoms with Crippen molar-refractivity contribution < 1.29 is 27.9 Å². The van der Waals surface area contributed by atoms with Gasteiger partial charge in [0.25, 0.3) is 0 Å². The van der Waals surface area contributed by atoms with Crippen LogP contribution in [0.25, 0.3) is 0 Å². The largest absolute Gasteiger partial charge is 0.480 e. The molecule has 1 aromatic carbocycles. The highest BCUT2D eigenvalue weighted by Crippen LogP contribution is 2.29. The van der Waals surface area contributed by atoms with Gasteiger partial charge in [0.15, 0.2) is 0 Å². The number of hydrogen-bond acceptors (Lipinski definition) is 2. The number of carboxylic acid groups (broad SMARTS) is 1. The number of nitrogens with one attached hydrogen (secondary N) is 1. The second kappa shape index (κ2) is 7.48. The van der Waals surface area contributed by atoms with E-state index in [1.165, 1.54) is 12.1 Å². The van der Waals surface area contributed by atoms with E-state index in [1.807, 2.05) is 0 Å². The zero-order valence-corrected chi connectivity index (χ0v) is 13.1. The minimum atomic E-state index is -4.40. The van der Waals surface area contributed by atoms with E-state index in [-0.39, 0.29) is 12.3 Å². The van der Waals surface area contributed by atoms with E-state index in [0.29, 0.717) is 5.56 Å². The van der Waals surface area contributed by atoms with Crippen LogP contribution < -0.4 is 5.32 Å². The van der Waals surface area contributed by atoms with Crippen molar-refractivity contribution in [3.05, 3.63) is 35.4 Å². The van der Waals surface area contributed by atoms with Crippen LogP contribution in [0.3, 0.4) is 0 Å². The predicted molar refractivity (Wildman–Crippen MR) is 78.7 cm³/mol. The minimum absolute atomic E-state index is 0.231. The molecule has 0 aliphatic carbocycles. The van der Waals surface area contributed by atoms with Crippen molar-refractivity contribution in [2.45, 2.75) is 39.4 Å². The maximum Gasteiger partial charge on any atom is 0.416 e. The number of rotatable bonds is 6. The molecule has 0 saturated carbocycles. The summed E-state index contributed by atoms with van der Waals surface area (Å²) in [4.78, 5) is 23.1. The minimum Gasteiger partial charge on any atom is -0.480 e. The monoisotopic (exact) mass is 331 g/mol. The van der Waals surface area contributed by atoms with Gasteiger partial charge in [-0.2, -0.15) is 13.2 Å². The average molecular weight is 331 g/mol. The zero-order chi connectivity index (χ0) is 17.8. The van der Waals surface area contributed by atoms with Crippen LogP contribution in [0.5, 0.6) is 0 Å². The van der Waals surface area contributed by atoms with Crippen LogP contribution in [-0.2, 0) is 22.2 Å². The van der Waals surface area contributed by atoms with E-state index in [1.54, 1.807) is 20.8 Å². The standard InChI is InChI=1S/C16H20F3NO3/c1-9(2)13(15(22)23)20-14(21)10(3)8-11-4-6-12(7-5-11)16(17,18)19/h4-7,9-10,13H,8H2,1-3H3,(H,20,21)(H,22,23). The molecule has 0 saturated heterocycles. The highest BCUT2D eigenvalue weighted by Gasteiger charge is 2.30. The van der Waals surface area contributed by atoms with Gasteiger partial charge in [-0.1, -0.05) is 32.9 Å². The fourth-order valence-electron chi connectivity index (χ4n) is 2.09. The molecule has 2 unspecified atom stereocenters. The van der Waals surface area contributed by atoms with Crippen molar-refractivity contribution >= 4 is 11.9 Å². The number of hydrogen-bond donors (Lipinski definition) is 2. The summed E-state index contributed by atoms with van der Waals surface area (Å²) in [7, 11) is 0. The molecule has 0 spiro atoms. The van der Waals surface area contributed by atoms with Crippen molar-refractivity contribution in [1.82, 2.24) is 5.32 Å². The third-order valence-corrected chi connectivity index (χ3v) is 3.50. The van der Waals surface area contributed by atoms with Crippen molar-refractivity contribution in [3.63, 3.8) is 0 Å². The average Bonchev–Trinajstić information content (AvgIpc) is 2.43. The van der Waals surface area contributed by atoms with Crippen LogP contribution in [0, 0.1) is 11.8 Å². The highest BCUT2D eigenvalue weighted by molar-refractivity contribution is 5.85. The van der Waals surface area contributed by atoms with Crippen LogP contribution in [0.4, 0.5) is 13.2 Å². The molecule has 1 amide bonds. The van der Waals surface area contributed by atoms with Crippen molar-refractivity contribution in [3.8, 4) is 0 Å². The Labute approximate surface area is 132 Å². The Morgan fingerprint density at radius 2 is 1.65 bits per heavy atom. The molecule has 0 radical (unpaired) electrons. The van der Waals surface area contributed by atoms with Crippen LogP contribution in [0.15, 0.2) is 24.3 Å². The molecule has 0 bridgehead atoms. The molecule has 2 atom stereocenters. The SMILES string of the molecule is CC(Cc1ccc(C(F)(F)F)cc1)C(=O)NC(C(=O)O)C(C)C. The van der Waals surface area contributed by atoms with E-state index in [9.17, 15) is 22.8 Å². The summed E-state index contributed by atoms with van der Waals surface area (Å²) in [6, 6.07) is 3.59. The molecule has 0 aromatic heterocycles. The lowest BCUT2D eigenvalue weighted by molar-refractivity contribution is -0.143. The summed E-state index contributed by atoms with van der Waals surface area (Å²) in [6.07, 6.45) is -4.16. The summed E-state index contributed by atoms with van der Waals surface area (Å²) in [5, 5.41) is 11.5. The molecule has 23 heavy (non-hydrogen) atoms. The van der Waals surface area contributed by atoms with E-state index >= 15 is 0 Å². The number of carbonyl (C=O) groups excluding carboxylic acids is 1. The van der Waals surface area contributed by atoms with Gasteiger partial charge < -0.3 is 10.4 Å². The number of alkyl halides is 3. The molecular formula is C16H20F3NO3. The van der Waals surface area contributed by atoms with Gasteiger partial charge in [-0.05, 0) is 30.0 Å². The molecule has 1 rings (SSSR count). The summed E-state index contributed by atoms with van der Waals surface area (Å²) >= 11 is 0. The maximum atomic E-state index is 12.5. The van der Waals surface area contributed by atoms with E-state index in [0.717, 1.165) is 12.1 Å². The summed E-state index contributed by atoms with van der Waals surface area (Å²) in [5.41, 5.74) is -0.166. The normalized spacial score (nSPS) is 14.4. The van der Waals surface area contributed by atoms with Crippen LogP contribution in [0.2, 0.25) is 0 Å². The number of carboxylic acids is 1. The smallest absolute Gasteiger partial charge is 0.416 e. The third kappa shape index (κ3) is 5.58. The van der Waals surface area contributed by atoms with Crippen LogP contribution in [0.1, 0.15) is 31.9 Å². The van der Waals surface area contributed by atoms with Crippen molar-refractivity contribution in [2.75, 3.05) is 0 Å². The lowest BCUT2D eigenvalue weighted by Crippen LogP contribution is -2.46. The van der Waals surface area contributed by atoms with Crippen LogP contribution in [-0.4, -0.2) is 23.0 Å². The Morgan fingerprint density at radius 3 is 2.04 bits per heavy atom. The zero-order valence-electron chi connectivity index (χ0n) is 13.1. The van der Waals surface area contributed by atoms with Gasteiger partial charge in [-0.3, -0.25) is 4.79 Å². The quantitative estimate of drug-likeness (QED) is 0.842. The van der Waals surface area contributed by atoms with E-state index < -0.39 is 35.6 Å². The van der Waals surface area contributed by atoms with Gasteiger partial charge in [-0.15, -0.1) is 0 Å². The Morgan fingerprint density at radius 1 is 1.13 bits per heavy atom. The number of halogens is 3. The fraction of sp³-hybridized carbons (Fsp3) is 0.500. The first-order valence-electron chi connectivity index (χ1n) is 7.21. The van der Waals surface area contributed by atoms with E-state index in [2.05, 4.69) is 5.32 Å². The van der Waals surface area contributed by atoms with Gasteiger partial charge in [0.2, 0.25) is 5.91 Å². The fourth-order valence-corrected chi connectivity index (χ4v) is 2.09. The predicted octanol–water partition coefficient (Wildman–Crippen LogP) is 3.11. The number of benzene rings is 1. The molecule has 0 aliphatic rings. The molecule has 0 aliphatic heterocycles. The van der Waals surface area contributed by atoms with Gasteiger partial charge in [0.05, 0.1) is 5.56 Å². The molecule has 128 valence electrons. The Bertz CT molecular complexity index is 553. The molecule has 4 nitrogen and oxygen atoms in total. The molecule has 0 heterocycles. The summed E-state index contributed by atoms with van der Waals surface area (Å²) in [5.74, 6) is -2.37. The topological polar surface area (TPSA) is 66.4 Å². The summed E-state index contributed by atoms with van der Waals surface area (Å²) < 4.78 is 37.5. The molecule has 0 fully saturated rings. The number of carbonyl (C=O) groups is 2. The van der Waals surface area contributed by atoms with Crippen molar-refractivity contribution in [1.29, 1.82) is 0 Å². The van der Waals surface area contributed by atoms with Gasteiger partial charge in [0, 0.05) is 5.92 Å².